The summed E-state index contributed by atoms with van der Waals surface area (Å²) in [7, 11) is 5.72. The van der Waals surface area contributed by atoms with Gasteiger partial charge in [0.15, 0.2) is 0 Å². The molecule has 1 atom stereocenters. The van der Waals surface area contributed by atoms with E-state index in [4.69, 9.17) is 4.74 Å². The van der Waals surface area contributed by atoms with Gasteiger partial charge < -0.3 is 19.9 Å². The molecule has 0 saturated carbocycles. The summed E-state index contributed by atoms with van der Waals surface area (Å²) in [5.74, 6) is -0.201. The summed E-state index contributed by atoms with van der Waals surface area (Å²) in [6, 6.07) is 7.03. The van der Waals surface area contributed by atoms with Crippen molar-refractivity contribution in [3.63, 3.8) is 0 Å². The van der Waals surface area contributed by atoms with E-state index in [-0.39, 0.29) is 17.9 Å². The van der Waals surface area contributed by atoms with Crippen LogP contribution in [0.4, 0.5) is 5.69 Å². The van der Waals surface area contributed by atoms with E-state index in [1.807, 2.05) is 19.0 Å². The van der Waals surface area contributed by atoms with Crippen LogP contribution in [-0.4, -0.2) is 68.6 Å². The summed E-state index contributed by atoms with van der Waals surface area (Å²) in [5.41, 5.74) is 1.19. The SMILES string of the molecule is CN(C)CCN(C)C(=O)c1cccc(NC(=O)[C@@H]2CCCO2)c1. The van der Waals surface area contributed by atoms with Gasteiger partial charge >= 0.3 is 0 Å². The Balaban J connectivity index is 1.98. The van der Waals surface area contributed by atoms with Crippen molar-refractivity contribution in [2.75, 3.05) is 46.2 Å². The molecule has 126 valence electrons. The standard InChI is InChI=1S/C17H25N3O3/c1-19(2)9-10-20(3)17(22)13-6-4-7-14(12-13)18-16(21)15-8-5-11-23-15/h4,6-7,12,15H,5,8-11H2,1-3H3,(H,18,21)/t15-/m0/s1. The van der Waals surface area contributed by atoms with Crippen LogP contribution < -0.4 is 5.32 Å². The van der Waals surface area contributed by atoms with E-state index in [9.17, 15) is 9.59 Å². The molecule has 1 aromatic rings. The van der Waals surface area contributed by atoms with Gasteiger partial charge in [-0.15, -0.1) is 0 Å². The number of hydrogen-bond acceptors (Lipinski definition) is 4. The molecule has 1 fully saturated rings. The summed E-state index contributed by atoms with van der Waals surface area (Å²) >= 11 is 0. The molecule has 1 aliphatic heterocycles. The number of nitrogens with one attached hydrogen (secondary N) is 1. The minimum Gasteiger partial charge on any atom is -0.368 e. The molecule has 6 heteroatoms. The van der Waals surface area contributed by atoms with Crippen molar-refractivity contribution in [2.45, 2.75) is 18.9 Å². The highest BCUT2D eigenvalue weighted by atomic mass is 16.5. The largest absolute Gasteiger partial charge is 0.368 e. The Labute approximate surface area is 137 Å². The number of nitrogens with zero attached hydrogens (tertiary/aromatic N) is 2. The van der Waals surface area contributed by atoms with E-state index >= 15 is 0 Å². The molecular formula is C17H25N3O3. The lowest BCUT2D eigenvalue weighted by atomic mass is 10.1. The van der Waals surface area contributed by atoms with Crippen LogP contribution >= 0.6 is 0 Å². The molecule has 1 aromatic carbocycles. The van der Waals surface area contributed by atoms with Gasteiger partial charge in [0.1, 0.15) is 6.10 Å². The topological polar surface area (TPSA) is 61.9 Å². The molecule has 1 N–H and O–H groups in total. The Morgan fingerprint density at radius 2 is 2.04 bits per heavy atom. The van der Waals surface area contributed by atoms with Gasteiger partial charge in [0.05, 0.1) is 0 Å². The van der Waals surface area contributed by atoms with E-state index in [0.29, 0.717) is 24.4 Å². The minimum atomic E-state index is -0.378. The summed E-state index contributed by atoms with van der Waals surface area (Å²) in [5, 5.41) is 2.83. The Hall–Kier alpha value is -1.92. The molecular weight excluding hydrogens is 294 g/mol. The van der Waals surface area contributed by atoms with Gasteiger partial charge in [-0.2, -0.15) is 0 Å². The minimum absolute atomic E-state index is 0.0555. The predicted octanol–water partition coefficient (Wildman–Crippen LogP) is 1.44. The van der Waals surface area contributed by atoms with Gasteiger partial charge in [-0.3, -0.25) is 9.59 Å². The number of likely N-dealkylation sites (N-methyl/N-ethyl adjacent to an activating group) is 2. The zero-order valence-electron chi connectivity index (χ0n) is 14.0. The fraction of sp³-hybridized carbons (Fsp3) is 0.529. The fourth-order valence-electron chi connectivity index (χ4n) is 2.41. The first-order valence-electron chi connectivity index (χ1n) is 7.90. The number of benzene rings is 1. The van der Waals surface area contributed by atoms with Crippen molar-refractivity contribution < 1.29 is 14.3 Å². The number of ether oxygens (including phenoxy) is 1. The maximum atomic E-state index is 12.4. The molecule has 2 amide bonds. The lowest BCUT2D eigenvalue weighted by Gasteiger charge is -2.20. The zero-order valence-corrected chi connectivity index (χ0v) is 14.0. The van der Waals surface area contributed by atoms with Crippen molar-refractivity contribution in [3.8, 4) is 0 Å². The fourth-order valence-corrected chi connectivity index (χ4v) is 2.41. The van der Waals surface area contributed by atoms with Gasteiger partial charge in [-0.05, 0) is 45.1 Å². The van der Waals surface area contributed by atoms with Crippen molar-refractivity contribution in [3.05, 3.63) is 29.8 Å². The maximum Gasteiger partial charge on any atom is 0.253 e. The lowest BCUT2D eigenvalue weighted by Crippen LogP contribution is -2.33. The zero-order chi connectivity index (χ0) is 16.8. The Morgan fingerprint density at radius 1 is 1.26 bits per heavy atom. The average molecular weight is 319 g/mol. The number of carbonyl (C=O) groups excluding carboxylic acids is 2. The molecule has 0 unspecified atom stereocenters. The van der Waals surface area contributed by atoms with Crippen molar-refractivity contribution in [1.82, 2.24) is 9.80 Å². The first kappa shape index (κ1) is 17.4. The first-order chi connectivity index (χ1) is 11.0. The van der Waals surface area contributed by atoms with E-state index in [1.165, 1.54) is 0 Å². The van der Waals surface area contributed by atoms with Gasteiger partial charge in [0, 0.05) is 38.0 Å². The highest BCUT2D eigenvalue weighted by Crippen LogP contribution is 2.17. The van der Waals surface area contributed by atoms with Gasteiger partial charge in [-0.1, -0.05) is 6.07 Å². The van der Waals surface area contributed by atoms with Crippen LogP contribution in [0.3, 0.4) is 0 Å². The van der Waals surface area contributed by atoms with Gasteiger partial charge in [0.2, 0.25) is 0 Å². The summed E-state index contributed by atoms with van der Waals surface area (Å²) < 4.78 is 5.37. The number of carbonyl (C=O) groups is 2. The second kappa shape index (κ2) is 8.08. The molecule has 2 rings (SSSR count). The molecule has 0 radical (unpaired) electrons. The molecule has 0 spiro atoms. The molecule has 1 saturated heterocycles. The summed E-state index contributed by atoms with van der Waals surface area (Å²) in [6.07, 6.45) is 1.28. The Morgan fingerprint density at radius 3 is 2.70 bits per heavy atom. The second-order valence-electron chi connectivity index (χ2n) is 6.10. The predicted molar refractivity (Wildman–Crippen MR) is 89.6 cm³/mol. The van der Waals surface area contributed by atoms with Gasteiger partial charge in [0.25, 0.3) is 11.8 Å². The summed E-state index contributed by atoms with van der Waals surface area (Å²) in [6.45, 7) is 2.09. The molecule has 23 heavy (non-hydrogen) atoms. The van der Waals surface area contributed by atoms with Crippen molar-refractivity contribution in [1.29, 1.82) is 0 Å². The van der Waals surface area contributed by atoms with Crippen LogP contribution in [0.15, 0.2) is 24.3 Å². The van der Waals surface area contributed by atoms with E-state index in [0.717, 1.165) is 19.4 Å². The number of amides is 2. The van der Waals surface area contributed by atoms with E-state index in [2.05, 4.69) is 5.32 Å². The van der Waals surface area contributed by atoms with Crippen molar-refractivity contribution >= 4 is 17.5 Å². The molecule has 0 aliphatic carbocycles. The number of rotatable bonds is 6. The average Bonchev–Trinajstić information content (AvgIpc) is 3.06. The first-order valence-corrected chi connectivity index (χ1v) is 7.90. The van der Waals surface area contributed by atoms with Crippen molar-refractivity contribution in [2.24, 2.45) is 0 Å². The molecule has 6 nitrogen and oxygen atoms in total. The third kappa shape index (κ3) is 5.04. The number of anilines is 1. The lowest BCUT2D eigenvalue weighted by molar-refractivity contribution is -0.124. The van der Waals surface area contributed by atoms with Crippen LogP contribution in [0.5, 0.6) is 0 Å². The monoisotopic (exact) mass is 319 g/mol. The van der Waals surface area contributed by atoms with Crippen LogP contribution in [0.25, 0.3) is 0 Å². The Kier molecular flexibility index (Phi) is 6.12. The summed E-state index contributed by atoms with van der Waals surface area (Å²) in [4.78, 5) is 28.2. The molecule has 0 aromatic heterocycles. The quantitative estimate of drug-likeness (QED) is 0.862. The highest BCUT2D eigenvalue weighted by molar-refractivity contribution is 5.98. The van der Waals surface area contributed by atoms with Gasteiger partial charge in [-0.25, -0.2) is 0 Å². The van der Waals surface area contributed by atoms with Crippen LogP contribution in [0.1, 0.15) is 23.2 Å². The molecule has 1 aliphatic rings. The Bertz CT molecular complexity index is 554. The molecule has 0 bridgehead atoms. The van der Waals surface area contributed by atoms with Crippen LogP contribution in [0, 0.1) is 0 Å². The second-order valence-corrected chi connectivity index (χ2v) is 6.10. The maximum absolute atomic E-state index is 12.4. The smallest absolute Gasteiger partial charge is 0.253 e. The third-order valence-electron chi connectivity index (χ3n) is 3.83. The van der Waals surface area contributed by atoms with Crippen LogP contribution in [0.2, 0.25) is 0 Å². The normalized spacial score (nSPS) is 17.3. The van der Waals surface area contributed by atoms with E-state index < -0.39 is 0 Å². The molecule has 1 heterocycles. The highest BCUT2D eigenvalue weighted by Gasteiger charge is 2.23. The van der Waals surface area contributed by atoms with E-state index in [1.54, 1.807) is 36.2 Å². The number of hydrogen-bond donors (Lipinski definition) is 1. The van der Waals surface area contributed by atoms with Crippen LogP contribution in [-0.2, 0) is 9.53 Å². The third-order valence-corrected chi connectivity index (χ3v) is 3.83.